The second kappa shape index (κ2) is 6.87. The number of amides is 1. The van der Waals surface area contributed by atoms with E-state index in [0.29, 0.717) is 6.54 Å². The third kappa shape index (κ3) is 4.56. The summed E-state index contributed by atoms with van der Waals surface area (Å²) in [6.45, 7) is 2.51. The molecule has 3 nitrogen and oxygen atoms in total. The summed E-state index contributed by atoms with van der Waals surface area (Å²) in [5.41, 5.74) is 0.274. The van der Waals surface area contributed by atoms with E-state index in [0.717, 1.165) is 17.3 Å². The number of nitrogens with one attached hydrogen (secondary N) is 1. The van der Waals surface area contributed by atoms with E-state index >= 15 is 0 Å². The smallest absolute Gasteiger partial charge is 0.255 e. The van der Waals surface area contributed by atoms with Gasteiger partial charge in [0.25, 0.3) is 5.91 Å². The Morgan fingerprint density at radius 1 is 1.59 bits per heavy atom. The van der Waals surface area contributed by atoms with Gasteiger partial charge in [0.2, 0.25) is 0 Å². The molecule has 0 saturated carbocycles. The van der Waals surface area contributed by atoms with Gasteiger partial charge >= 0.3 is 0 Å². The maximum atomic E-state index is 11.7. The summed E-state index contributed by atoms with van der Waals surface area (Å²) in [7, 11) is 0. The van der Waals surface area contributed by atoms with Gasteiger partial charge in [0, 0.05) is 16.4 Å². The zero-order valence-electron chi connectivity index (χ0n) is 9.54. The standard InChI is InChI=1S/C12H15BrClNO2/c1-2-9(14)5-6-15-12(17)10-4-3-8(13)7-11(10)16/h3-4,7,9,16H,2,5-6H2,1H3,(H,15,17). The van der Waals surface area contributed by atoms with Gasteiger partial charge in [-0.1, -0.05) is 22.9 Å². The van der Waals surface area contributed by atoms with E-state index in [-0.39, 0.29) is 22.6 Å². The molecule has 0 aliphatic heterocycles. The highest BCUT2D eigenvalue weighted by molar-refractivity contribution is 9.10. The van der Waals surface area contributed by atoms with E-state index in [4.69, 9.17) is 11.6 Å². The normalized spacial score (nSPS) is 12.2. The molecule has 0 spiro atoms. The van der Waals surface area contributed by atoms with Gasteiger partial charge in [0.1, 0.15) is 5.75 Å². The summed E-state index contributed by atoms with van der Waals surface area (Å²) in [5.74, 6) is -0.315. The van der Waals surface area contributed by atoms with Crippen molar-refractivity contribution in [2.24, 2.45) is 0 Å². The maximum Gasteiger partial charge on any atom is 0.255 e. The number of rotatable bonds is 5. The molecule has 1 amide bonds. The number of aromatic hydroxyl groups is 1. The number of halogens is 2. The molecule has 0 bridgehead atoms. The van der Waals surface area contributed by atoms with Crippen LogP contribution in [0.5, 0.6) is 5.75 Å². The number of alkyl halides is 1. The number of phenols is 1. The SMILES string of the molecule is CCC(Cl)CCNC(=O)c1ccc(Br)cc1O. The van der Waals surface area contributed by atoms with E-state index in [1.807, 2.05) is 6.92 Å². The van der Waals surface area contributed by atoms with Crippen LogP contribution in [0.2, 0.25) is 0 Å². The van der Waals surface area contributed by atoms with Crippen LogP contribution < -0.4 is 5.32 Å². The Kier molecular flexibility index (Phi) is 5.78. The number of carbonyl (C=O) groups is 1. The van der Waals surface area contributed by atoms with E-state index in [2.05, 4.69) is 21.2 Å². The zero-order valence-corrected chi connectivity index (χ0v) is 11.9. The van der Waals surface area contributed by atoms with E-state index in [1.54, 1.807) is 12.1 Å². The van der Waals surface area contributed by atoms with Crippen LogP contribution in [-0.2, 0) is 0 Å². The molecule has 0 heterocycles. The van der Waals surface area contributed by atoms with Crippen molar-refractivity contribution >= 4 is 33.4 Å². The Morgan fingerprint density at radius 2 is 2.29 bits per heavy atom. The average Bonchev–Trinajstić information content (AvgIpc) is 2.28. The number of hydrogen-bond acceptors (Lipinski definition) is 2. The molecule has 94 valence electrons. The van der Waals surface area contributed by atoms with Crippen LogP contribution in [-0.4, -0.2) is 22.9 Å². The minimum absolute atomic E-state index is 0.0326. The fourth-order valence-corrected chi connectivity index (χ4v) is 1.80. The first-order valence-electron chi connectivity index (χ1n) is 5.45. The quantitative estimate of drug-likeness (QED) is 0.818. The predicted molar refractivity (Wildman–Crippen MR) is 72.7 cm³/mol. The fourth-order valence-electron chi connectivity index (χ4n) is 1.34. The minimum Gasteiger partial charge on any atom is -0.507 e. The maximum absolute atomic E-state index is 11.7. The Morgan fingerprint density at radius 3 is 2.88 bits per heavy atom. The van der Waals surface area contributed by atoms with E-state index in [9.17, 15) is 9.90 Å². The van der Waals surface area contributed by atoms with Crippen molar-refractivity contribution < 1.29 is 9.90 Å². The largest absolute Gasteiger partial charge is 0.507 e. The monoisotopic (exact) mass is 319 g/mol. The predicted octanol–water partition coefficient (Wildman–Crippen LogP) is 3.29. The second-order valence-corrected chi connectivity index (χ2v) is 5.24. The molecule has 17 heavy (non-hydrogen) atoms. The molecule has 1 unspecified atom stereocenters. The van der Waals surface area contributed by atoms with Crippen molar-refractivity contribution in [1.82, 2.24) is 5.32 Å². The third-order valence-corrected chi connectivity index (χ3v) is 3.41. The van der Waals surface area contributed by atoms with Crippen molar-refractivity contribution in [2.45, 2.75) is 25.1 Å². The van der Waals surface area contributed by atoms with Gasteiger partial charge in [-0.3, -0.25) is 4.79 Å². The lowest BCUT2D eigenvalue weighted by molar-refractivity contribution is 0.0950. The Bertz CT molecular complexity index is 398. The highest BCUT2D eigenvalue weighted by Crippen LogP contribution is 2.22. The van der Waals surface area contributed by atoms with Crippen molar-refractivity contribution in [2.75, 3.05) is 6.54 Å². The van der Waals surface area contributed by atoms with Gasteiger partial charge in [-0.15, -0.1) is 11.6 Å². The van der Waals surface area contributed by atoms with Gasteiger partial charge in [0.15, 0.2) is 0 Å². The van der Waals surface area contributed by atoms with E-state index < -0.39 is 0 Å². The Hall–Kier alpha value is -0.740. The van der Waals surface area contributed by atoms with Crippen LogP contribution in [0.1, 0.15) is 30.1 Å². The lowest BCUT2D eigenvalue weighted by Gasteiger charge is -2.09. The summed E-state index contributed by atoms with van der Waals surface area (Å²) in [4.78, 5) is 11.7. The summed E-state index contributed by atoms with van der Waals surface area (Å²) >= 11 is 9.16. The van der Waals surface area contributed by atoms with Gasteiger partial charge in [-0.2, -0.15) is 0 Å². The molecule has 0 aliphatic rings. The third-order valence-electron chi connectivity index (χ3n) is 2.39. The highest BCUT2D eigenvalue weighted by Gasteiger charge is 2.11. The Balaban J connectivity index is 2.52. The molecule has 1 rings (SSSR count). The molecule has 1 aromatic carbocycles. The molecule has 2 N–H and O–H groups in total. The van der Waals surface area contributed by atoms with Crippen molar-refractivity contribution in [3.05, 3.63) is 28.2 Å². The molecule has 1 atom stereocenters. The molecule has 0 aliphatic carbocycles. The lowest BCUT2D eigenvalue weighted by atomic mass is 10.2. The highest BCUT2D eigenvalue weighted by atomic mass is 79.9. The van der Waals surface area contributed by atoms with Crippen molar-refractivity contribution in [3.63, 3.8) is 0 Å². The minimum atomic E-state index is -0.282. The van der Waals surface area contributed by atoms with Crippen LogP contribution in [0.25, 0.3) is 0 Å². The van der Waals surface area contributed by atoms with Gasteiger partial charge in [0.05, 0.1) is 5.56 Å². The van der Waals surface area contributed by atoms with Crippen molar-refractivity contribution in [3.8, 4) is 5.75 Å². The van der Waals surface area contributed by atoms with Gasteiger partial charge in [-0.25, -0.2) is 0 Å². The molecule has 0 aromatic heterocycles. The van der Waals surface area contributed by atoms with E-state index in [1.165, 1.54) is 6.07 Å². The fraction of sp³-hybridized carbons (Fsp3) is 0.417. The molecule has 0 radical (unpaired) electrons. The topological polar surface area (TPSA) is 49.3 Å². The second-order valence-electron chi connectivity index (χ2n) is 3.71. The molecule has 0 fully saturated rings. The molecule has 1 aromatic rings. The summed E-state index contributed by atoms with van der Waals surface area (Å²) in [5, 5.41) is 12.4. The first-order valence-corrected chi connectivity index (χ1v) is 6.68. The Labute approximate surface area is 114 Å². The number of carbonyl (C=O) groups excluding carboxylic acids is 1. The average molecular weight is 321 g/mol. The lowest BCUT2D eigenvalue weighted by Crippen LogP contribution is -2.26. The number of phenolic OH excluding ortho intramolecular Hbond substituents is 1. The first-order chi connectivity index (χ1) is 8.04. The molecular formula is C12H15BrClNO2. The van der Waals surface area contributed by atoms with Crippen LogP contribution in [0.3, 0.4) is 0 Å². The molecular weight excluding hydrogens is 305 g/mol. The molecule has 5 heteroatoms. The number of hydrogen-bond donors (Lipinski definition) is 2. The summed E-state index contributed by atoms with van der Waals surface area (Å²) in [6.07, 6.45) is 1.60. The zero-order chi connectivity index (χ0) is 12.8. The number of benzene rings is 1. The van der Waals surface area contributed by atoms with Crippen LogP contribution in [0, 0.1) is 0 Å². The van der Waals surface area contributed by atoms with Crippen LogP contribution in [0.4, 0.5) is 0 Å². The summed E-state index contributed by atoms with van der Waals surface area (Å²) in [6, 6.07) is 4.78. The van der Waals surface area contributed by atoms with Gasteiger partial charge in [-0.05, 0) is 31.0 Å². The van der Waals surface area contributed by atoms with Crippen molar-refractivity contribution in [1.29, 1.82) is 0 Å². The van der Waals surface area contributed by atoms with Crippen LogP contribution >= 0.6 is 27.5 Å². The molecule has 0 saturated heterocycles. The van der Waals surface area contributed by atoms with Crippen LogP contribution in [0.15, 0.2) is 22.7 Å². The first kappa shape index (κ1) is 14.3. The van der Waals surface area contributed by atoms with Gasteiger partial charge < -0.3 is 10.4 Å². The summed E-state index contributed by atoms with van der Waals surface area (Å²) < 4.78 is 0.735.